The van der Waals surface area contributed by atoms with Crippen LogP contribution in [0.25, 0.3) is 0 Å². The zero-order valence-electron chi connectivity index (χ0n) is 18.3. The van der Waals surface area contributed by atoms with Gasteiger partial charge in [-0.1, -0.05) is 36.1 Å². The first-order valence-electron chi connectivity index (χ1n) is 10.5. The van der Waals surface area contributed by atoms with Gasteiger partial charge in [-0.25, -0.2) is 18.1 Å². The van der Waals surface area contributed by atoms with E-state index in [1.54, 1.807) is 30.3 Å². The zero-order valence-corrected chi connectivity index (χ0v) is 19.8. The van der Waals surface area contributed by atoms with Crippen LogP contribution < -0.4 is 20.8 Å². The van der Waals surface area contributed by atoms with E-state index < -0.39 is 10.0 Å². The monoisotopic (exact) mass is 484 g/mol. The summed E-state index contributed by atoms with van der Waals surface area (Å²) in [5.41, 5.74) is 2.80. The van der Waals surface area contributed by atoms with Crippen molar-refractivity contribution in [1.29, 1.82) is 0 Å². The summed E-state index contributed by atoms with van der Waals surface area (Å²) in [6, 6.07) is 15.3. The second-order valence-corrected chi connectivity index (χ2v) is 9.72. The highest BCUT2D eigenvalue weighted by molar-refractivity contribution is 7.89. The first-order valence-corrected chi connectivity index (χ1v) is 12.4. The Morgan fingerprint density at radius 3 is 2.45 bits per heavy atom. The molecule has 2 aromatic carbocycles. The Labute approximate surface area is 201 Å². The molecule has 3 aromatic rings. The second-order valence-electron chi connectivity index (χ2n) is 7.51. The molecule has 0 aliphatic heterocycles. The summed E-state index contributed by atoms with van der Waals surface area (Å²) in [4.78, 5) is 4.43. The van der Waals surface area contributed by atoms with E-state index in [9.17, 15) is 13.5 Å². The first kappa shape index (κ1) is 25.0. The molecule has 7 nitrogen and oxygen atoms in total. The molecule has 1 heterocycles. The number of hydrogen-bond donors (Lipinski definition) is 4. The molecule has 0 saturated carbocycles. The third-order valence-corrected chi connectivity index (χ3v) is 6.79. The van der Waals surface area contributed by atoms with E-state index in [-0.39, 0.29) is 24.1 Å². The molecule has 33 heavy (non-hydrogen) atoms. The lowest BCUT2D eigenvalue weighted by atomic mass is 9.96. The molecule has 0 aliphatic rings. The van der Waals surface area contributed by atoms with Crippen molar-refractivity contribution in [1.82, 2.24) is 9.71 Å². The average molecular weight is 485 g/mol. The van der Waals surface area contributed by atoms with Crippen molar-refractivity contribution in [3.05, 3.63) is 71.4 Å². The Balaban J connectivity index is 1.61. The number of aliphatic hydroxyl groups excluding tert-OH is 1. The van der Waals surface area contributed by atoms with E-state index in [0.717, 1.165) is 12.0 Å². The first-order chi connectivity index (χ1) is 15.8. The van der Waals surface area contributed by atoms with Crippen molar-refractivity contribution in [3.63, 3.8) is 0 Å². The van der Waals surface area contributed by atoms with Gasteiger partial charge in [-0.2, -0.15) is 0 Å². The maximum atomic E-state index is 12.6. The molecule has 0 unspecified atom stereocenters. The predicted molar refractivity (Wildman–Crippen MR) is 134 cm³/mol. The van der Waals surface area contributed by atoms with Crippen LogP contribution in [0.1, 0.15) is 18.9 Å². The number of benzene rings is 2. The Bertz CT molecular complexity index is 1160. The molecule has 4 N–H and O–H groups in total. The summed E-state index contributed by atoms with van der Waals surface area (Å²) in [6.07, 6.45) is 2.83. The van der Waals surface area contributed by atoms with Gasteiger partial charge in [-0.05, 0) is 54.8 Å². The van der Waals surface area contributed by atoms with E-state index in [4.69, 9.17) is 19.4 Å². The average Bonchev–Trinajstić information content (AvgIpc) is 2.81. The number of anilines is 3. The lowest BCUT2D eigenvalue weighted by Gasteiger charge is -2.18. The summed E-state index contributed by atoms with van der Waals surface area (Å²) in [5, 5.41) is 16.4. The Morgan fingerprint density at radius 2 is 1.82 bits per heavy atom. The zero-order chi connectivity index (χ0) is 23.8. The molecule has 0 aliphatic carbocycles. The van der Waals surface area contributed by atoms with Gasteiger partial charge in [0.15, 0.2) is 0 Å². The number of sulfonamides is 1. The quantitative estimate of drug-likeness (QED) is 0.312. The van der Waals surface area contributed by atoms with Crippen LogP contribution in [-0.4, -0.2) is 45.5 Å². The van der Waals surface area contributed by atoms with Crippen molar-refractivity contribution in [3.8, 4) is 0 Å². The van der Waals surface area contributed by atoms with Gasteiger partial charge in [0.2, 0.25) is 10.0 Å². The maximum absolute atomic E-state index is 12.6. The van der Waals surface area contributed by atoms with E-state index in [1.807, 2.05) is 19.1 Å². The molecule has 3 rings (SSSR count). The number of pyridine rings is 1. The highest BCUT2D eigenvalue weighted by Crippen LogP contribution is 2.20. The molecule has 10 heteroatoms. The van der Waals surface area contributed by atoms with Crippen LogP contribution in [0, 0.1) is 0 Å². The molecular weight excluding hydrogens is 459 g/mol. The Morgan fingerprint density at radius 1 is 1.12 bits per heavy atom. The summed E-state index contributed by atoms with van der Waals surface area (Å²) in [7, 11) is 2.35. The van der Waals surface area contributed by atoms with Gasteiger partial charge in [-0.3, -0.25) is 0 Å². The van der Waals surface area contributed by atoms with Crippen LogP contribution in [0.4, 0.5) is 17.2 Å². The van der Waals surface area contributed by atoms with Crippen molar-refractivity contribution in [2.24, 2.45) is 0 Å². The highest BCUT2D eigenvalue weighted by atomic mass is 35.5. The van der Waals surface area contributed by atoms with Crippen LogP contribution in [0.3, 0.4) is 0 Å². The van der Waals surface area contributed by atoms with Gasteiger partial charge in [-0.15, -0.1) is 0 Å². The Kier molecular flexibility index (Phi) is 8.74. The van der Waals surface area contributed by atoms with Crippen molar-refractivity contribution >= 4 is 52.1 Å². The molecule has 0 fully saturated rings. The predicted octanol–water partition coefficient (Wildman–Crippen LogP) is 2.98. The van der Waals surface area contributed by atoms with Gasteiger partial charge < -0.3 is 15.7 Å². The van der Waals surface area contributed by atoms with Gasteiger partial charge in [0.1, 0.15) is 13.7 Å². The van der Waals surface area contributed by atoms with E-state index >= 15 is 0 Å². The number of aliphatic hydroxyl groups is 1. The number of aromatic nitrogens is 1. The largest absolute Gasteiger partial charge is 0.394 e. The number of nitrogens with one attached hydrogen (secondary N) is 3. The fourth-order valence-corrected chi connectivity index (χ4v) is 4.24. The summed E-state index contributed by atoms with van der Waals surface area (Å²) in [5.74, 6) is 0.538. The third-order valence-electron chi connectivity index (χ3n) is 5.06. The minimum absolute atomic E-state index is 0.00923. The standard InChI is InChI=1S/C23H26BClN4O3S/c1-2-18(15-30)28-22-13-23(26-14-21(22)24)29-19-7-9-20(10-8-19)33(31,32)27-12-11-16-3-5-17(25)6-4-16/h3-10,13-14,18,27,30H,2,11-12,15H2,1H3,(H2,26,28,29)/t18-/m1/s1. The van der Waals surface area contributed by atoms with Crippen LogP contribution in [0.15, 0.2) is 65.7 Å². The SMILES string of the molecule is [B]c1cnc(Nc2ccc(S(=O)(=O)NCCc3ccc(Cl)cc3)cc2)cc1N[C@H](CC)CO. The Hall–Kier alpha value is -2.59. The van der Waals surface area contributed by atoms with E-state index in [1.165, 1.54) is 18.3 Å². The van der Waals surface area contributed by atoms with E-state index in [2.05, 4.69) is 20.3 Å². The van der Waals surface area contributed by atoms with Crippen LogP contribution in [-0.2, 0) is 16.4 Å². The smallest absolute Gasteiger partial charge is 0.240 e. The minimum Gasteiger partial charge on any atom is -0.394 e. The second kappa shape index (κ2) is 11.5. The van der Waals surface area contributed by atoms with Crippen LogP contribution in [0.5, 0.6) is 0 Å². The summed E-state index contributed by atoms with van der Waals surface area (Å²) < 4.78 is 27.8. The molecular formula is C23H26BClN4O3S. The maximum Gasteiger partial charge on any atom is 0.240 e. The molecule has 1 atom stereocenters. The molecule has 2 radical (unpaired) electrons. The van der Waals surface area contributed by atoms with Gasteiger partial charge in [0.05, 0.1) is 11.5 Å². The number of halogens is 1. The molecule has 0 saturated heterocycles. The fraction of sp³-hybridized carbons (Fsp3) is 0.261. The lowest BCUT2D eigenvalue weighted by molar-refractivity contribution is 0.272. The van der Waals surface area contributed by atoms with Crippen molar-refractivity contribution in [2.75, 3.05) is 23.8 Å². The molecule has 0 spiro atoms. The van der Waals surface area contributed by atoms with Crippen molar-refractivity contribution in [2.45, 2.75) is 30.7 Å². The van der Waals surface area contributed by atoms with Gasteiger partial charge in [0.25, 0.3) is 0 Å². The number of hydrogen-bond acceptors (Lipinski definition) is 6. The lowest BCUT2D eigenvalue weighted by Crippen LogP contribution is -2.26. The number of nitrogens with zero attached hydrogens (tertiary/aromatic N) is 1. The van der Waals surface area contributed by atoms with Crippen molar-refractivity contribution < 1.29 is 13.5 Å². The minimum atomic E-state index is -3.63. The molecule has 172 valence electrons. The van der Waals surface area contributed by atoms with Crippen LogP contribution in [0.2, 0.25) is 5.02 Å². The topological polar surface area (TPSA) is 103 Å². The normalized spacial score (nSPS) is 12.3. The highest BCUT2D eigenvalue weighted by Gasteiger charge is 2.14. The van der Waals surface area contributed by atoms with Gasteiger partial charge in [0, 0.05) is 41.2 Å². The van der Waals surface area contributed by atoms with E-state index in [0.29, 0.717) is 34.1 Å². The third kappa shape index (κ3) is 7.20. The summed E-state index contributed by atoms with van der Waals surface area (Å²) >= 11 is 5.87. The summed E-state index contributed by atoms with van der Waals surface area (Å²) in [6.45, 7) is 2.24. The van der Waals surface area contributed by atoms with Crippen LogP contribution >= 0.6 is 11.6 Å². The molecule has 0 amide bonds. The molecule has 0 bridgehead atoms. The molecule has 1 aromatic heterocycles. The number of rotatable bonds is 11. The fourth-order valence-electron chi connectivity index (χ4n) is 3.09. The van der Waals surface area contributed by atoms with Gasteiger partial charge >= 0.3 is 0 Å².